The van der Waals surface area contributed by atoms with Crippen molar-refractivity contribution < 1.29 is 23.8 Å². The van der Waals surface area contributed by atoms with Crippen LogP contribution in [0.5, 0.6) is 17.2 Å². The third-order valence-electron chi connectivity index (χ3n) is 4.41. The fourth-order valence-electron chi connectivity index (χ4n) is 2.96. The molecular formula is C24H26N4O5. The highest BCUT2D eigenvalue weighted by Gasteiger charge is 2.19. The molecule has 2 aromatic carbocycles. The van der Waals surface area contributed by atoms with Gasteiger partial charge in [-0.3, -0.25) is 20.4 Å². The number of aromatic nitrogens is 2. The summed E-state index contributed by atoms with van der Waals surface area (Å²) in [4.78, 5) is 33.6. The van der Waals surface area contributed by atoms with Crippen LogP contribution in [-0.4, -0.2) is 41.6 Å². The Morgan fingerprint density at radius 1 is 0.758 bits per heavy atom. The molecule has 0 unspecified atom stereocenters. The Morgan fingerprint density at radius 3 is 1.79 bits per heavy atom. The van der Waals surface area contributed by atoms with Gasteiger partial charge < -0.3 is 14.2 Å². The van der Waals surface area contributed by atoms with E-state index in [-0.39, 0.29) is 11.1 Å². The van der Waals surface area contributed by atoms with Crippen LogP contribution in [0.4, 0.5) is 0 Å². The minimum absolute atomic E-state index is 0.201. The molecule has 1 heterocycles. The summed E-state index contributed by atoms with van der Waals surface area (Å²) in [5, 5.41) is 0. The van der Waals surface area contributed by atoms with Crippen LogP contribution in [0.15, 0.2) is 54.9 Å². The highest BCUT2D eigenvalue weighted by molar-refractivity contribution is 5.99. The highest BCUT2D eigenvalue weighted by atomic mass is 16.5. The van der Waals surface area contributed by atoms with Gasteiger partial charge in [0, 0.05) is 23.5 Å². The van der Waals surface area contributed by atoms with Crippen LogP contribution in [-0.2, 0) is 0 Å². The number of hydrogen-bond donors (Lipinski definition) is 2. The van der Waals surface area contributed by atoms with Crippen molar-refractivity contribution in [3.63, 3.8) is 0 Å². The first-order chi connectivity index (χ1) is 16.1. The van der Waals surface area contributed by atoms with E-state index in [0.29, 0.717) is 42.9 Å². The van der Waals surface area contributed by atoms with E-state index in [1.54, 1.807) is 0 Å². The number of carbonyl (C=O) groups is 2. The van der Waals surface area contributed by atoms with E-state index in [9.17, 15) is 9.59 Å². The second-order valence-corrected chi connectivity index (χ2v) is 6.67. The van der Waals surface area contributed by atoms with Gasteiger partial charge in [-0.1, -0.05) is 30.3 Å². The van der Waals surface area contributed by atoms with Gasteiger partial charge in [0.05, 0.1) is 25.4 Å². The zero-order valence-corrected chi connectivity index (χ0v) is 18.8. The van der Waals surface area contributed by atoms with Crippen molar-refractivity contribution in [2.45, 2.75) is 20.8 Å². The number of hydrazine groups is 1. The summed E-state index contributed by atoms with van der Waals surface area (Å²) in [6.07, 6.45) is 2.79. The molecular weight excluding hydrogens is 424 g/mol. The summed E-state index contributed by atoms with van der Waals surface area (Å²) in [6.45, 7) is 6.67. The molecule has 0 atom stereocenters. The maximum absolute atomic E-state index is 12.7. The third kappa shape index (κ3) is 5.97. The molecule has 0 saturated carbocycles. The predicted molar refractivity (Wildman–Crippen MR) is 122 cm³/mol. The lowest BCUT2D eigenvalue weighted by molar-refractivity contribution is 0.0845. The Labute approximate surface area is 192 Å². The van der Waals surface area contributed by atoms with Gasteiger partial charge in [0.2, 0.25) is 5.75 Å². The van der Waals surface area contributed by atoms with E-state index in [1.165, 1.54) is 24.5 Å². The highest BCUT2D eigenvalue weighted by Crippen LogP contribution is 2.39. The molecule has 0 aliphatic carbocycles. The molecule has 0 aliphatic heterocycles. The molecule has 0 saturated heterocycles. The molecule has 2 amide bonds. The monoisotopic (exact) mass is 450 g/mol. The fourth-order valence-corrected chi connectivity index (χ4v) is 2.96. The van der Waals surface area contributed by atoms with E-state index >= 15 is 0 Å². The van der Waals surface area contributed by atoms with Crippen LogP contribution in [0.1, 0.15) is 41.5 Å². The lowest BCUT2D eigenvalue weighted by atomic mass is 10.1. The Bertz CT molecular complexity index is 1060. The topological polar surface area (TPSA) is 112 Å². The van der Waals surface area contributed by atoms with Crippen molar-refractivity contribution in [3.05, 3.63) is 66.0 Å². The molecule has 2 N–H and O–H groups in total. The first kappa shape index (κ1) is 23.5. The van der Waals surface area contributed by atoms with Crippen molar-refractivity contribution in [2.75, 3.05) is 19.8 Å². The van der Waals surface area contributed by atoms with E-state index in [2.05, 4.69) is 20.8 Å². The van der Waals surface area contributed by atoms with E-state index in [4.69, 9.17) is 14.2 Å². The van der Waals surface area contributed by atoms with Crippen LogP contribution in [0.25, 0.3) is 11.4 Å². The van der Waals surface area contributed by atoms with Crippen molar-refractivity contribution in [1.29, 1.82) is 0 Å². The van der Waals surface area contributed by atoms with Crippen LogP contribution in [0.2, 0.25) is 0 Å². The second kappa shape index (κ2) is 11.5. The van der Waals surface area contributed by atoms with Crippen molar-refractivity contribution in [3.8, 4) is 28.6 Å². The van der Waals surface area contributed by atoms with Gasteiger partial charge in [-0.25, -0.2) is 9.97 Å². The standard InChI is InChI=1S/C24H26N4O5/c1-4-31-19-12-17(13-20(32-5-2)21(19)33-6-3)23(29)27-28-24(30)18-14-25-22(26-15-18)16-10-8-7-9-11-16/h7-15H,4-6H2,1-3H3,(H,27,29)(H,28,30). The summed E-state index contributed by atoms with van der Waals surface area (Å²) < 4.78 is 16.9. The second-order valence-electron chi connectivity index (χ2n) is 6.67. The predicted octanol–water partition coefficient (Wildman–Crippen LogP) is 3.41. The molecule has 3 aromatic rings. The molecule has 33 heavy (non-hydrogen) atoms. The Hall–Kier alpha value is -4.14. The molecule has 9 heteroatoms. The fraction of sp³-hybridized carbons (Fsp3) is 0.250. The maximum atomic E-state index is 12.7. The normalized spacial score (nSPS) is 10.3. The molecule has 0 radical (unpaired) electrons. The van der Waals surface area contributed by atoms with E-state index in [1.807, 2.05) is 51.1 Å². The minimum Gasteiger partial charge on any atom is -0.490 e. The Kier molecular flexibility index (Phi) is 8.18. The first-order valence-electron chi connectivity index (χ1n) is 10.6. The average molecular weight is 450 g/mol. The van der Waals surface area contributed by atoms with Gasteiger partial charge in [-0.05, 0) is 32.9 Å². The number of amides is 2. The number of carbonyl (C=O) groups excluding carboxylic acids is 2. The SMILES string of the molecule is CCOc1cc(C(=O)NNC(=O)c2cnc(-c3ccccc3)nc2)cc(OCC)c1OCC. The molecule has 1 aromatic heterocycles. The van der Waals surface area contributed by atoms with Gasteiger partial charge >= 0.3 is 0 Å². The summed E-state index contributed by atoms with van der Waals surface area (Å²) >= 11 is 0. The molecule has 3 rings (SSSR count). The van der Waals surface area contributed by atoms with Crippen molar-refractivity contribution in [2.24, 2.45) is 0 Å². The van der Waals surface area contributed by atoms with Crippen molar-refractivity contribution >= 4 is 11.8 Å². The first-order valence-corrected chi connectivity index (χ1v) is 10.6. The van der Waals surface area contributed by atoms with Crippen LogP contribution in [0, 0.1) is 0 Å². The molecule has 172 valence electrons. The number of ether oxygens (including phenoxy) is 3. The van der Waals surface area contributed by atoms with Crippen molar-refractivity contribution in [1.82, 2.24) is 20.8 Å². The maximum Gasteiger partial charge on any atom is 0.272 e. The minimum atomic E-state index is -0.552. The number of nitrogens with zero attached hydrogens (tertiary/aromatic N) is 2. The van der Waals surface area contributed by atoms with Crippen LogP contribution < -0.4 is 25.1 Å². The lowest BCUT2D eigenvalue weighted by Crippen LogP contribution is -2.41. The van der Waals surface area contributed by atoms with Gasteiger partial charge in [-0.15, -0.1) is 0 Å². The van der Waals surface area contributed by atoms with Crippen LogP contribution in [0.3, 0.4) is 0 Å². The van der Waals surface area contributed by atoms with E-state index < -0.39 is 11.8 Å². The van der Waals surface area contributed by atoms with Crippen LogP contribution >= 0.6 is 0 Å². The molecule has 9 nitrogen and oxygen atoms in total. The third-order valence-corrected chi connectivity index (χ3v) is 4.41. The molecule has 0 spiro atoms. The summed E-state index contributed by atoms with van der Waals surface area (Å²) in [7, 11) is 0. The zero-order valence-electron chi connectivity index (χ0n) is 18.8. The van der Waals surface area contributed by atoms with Gasteiger partial charge in [0.1, 0.15) is 0 Å². The van der Waals surface area contributed by atoms with Gasteiger partial charge in [-0.2, -0.15) is 0 Å². The van der Waals surface area contributed by atoms with Gasteiger partial charge in [0.25, 0.3) is 11.8 Å². The molecule has 0 aliphatic rings. The molecule has 0 fully saturated rings. The van der Waals surface area contributed by atoms with E-state index in [0.717, 1.165) is 5.56 Å². The average Bonchev–Trinajstić information content (AvgIpc) is 2.85. The Morgan fingerprint density at radius 2 is 1.27 bits per heavy atom. The smallest absolute Gasteiger partial charge is 0.272 e. The zero-order chi connectivity index (χ0) is 23.6. The number of rotatable bonds is 9. The number of hydrogen-bond acceptors (Lipinski definition) is 7. The number of nitrogens with one attached hydrogen (secondary N) is 2. The molecule has 0 bridgehead atoms. The lowest BCUT2D eigenvalue weighted by Gasteiger charge is -2.17. The Balaban J connectivity index is 1.71. The summed E-state index contributed by atoms with van der Waals surface area (Å²) in [5.74, 6) is 0.590. The quantitative estimate of drug-likeness (QED) is 0.481. The van der Waals surface area contributed by atoms with Gasteiger partial charge in [0.15, 0.2) is 17.3 Å². The summed E-state index contributed by atoms with van der Waals surface area (Å²) in [5.41, 5.74) is 6.03. The number of benzene rings is 2. The summed E-state index contributed by atoms with van der Waals surface area (Å²) in [6, 6.07) is 12.5. The largest absolute Gasteiger partial charge is 0.490 e.